The third-order valence-electron chi connectivity index (χ3n) is 5.69. The van der Waals surface area contributed by atoms with Crippen molar-refractivity contribution in [2.45, 2.75) is 12.5 Å². The van der Waals surface area contributed by atoms with E-state index in [-0.39, 0.29) is 23.9 Å². The van der Waals surface area contributed by atoms with Crippen molar-refractivity contribution in [2.24, 2.45) is 5.73 Å². The van der Waals surface area contributed by atoms with Gasteiger partial charge in [0.05, 0.1) is 5.92 Å². The van der Waals surface area contributed by atoms with Gasteiger partial charge in [-0.05, 0) is 41.3 Å². The first-order valence-corrected chi connectivity index (χ1v) is 11.8. The molecule has 0 saturated heterocycles. The number of hydrogen-bond donors (Lipinski definition) is 1. The zero-order valence-electron chi connectivity index (χ0n) is 18.8. The third-order valence-corrected chi connectivity index (χ3v) is 6.54. The number of halogens is 1. The van der Waals surface area contributed by atoms with Gasteiger partial charge in [-0.1, -0.05) is 42.5 Å². The molecule has 8 heteroatoms. The number of nitrogens with zero attached hydrogens (tertiary/aromatic N) is 1. The topological polar surface area (TPSA) is 94.6 Å². The van der Waals surface area contributed by atoms with E-state index in [9.17, 15) is 14.4 Å². The zero-order valence-corrected chi connectivity index (χ0v) is 19.6. The highest BCUT2D eigenvalue weighted by atomic mass is 32.1. The number of fused-ring (bicyclic) bond motifs is 1. The van der Waals surface area contributed by atoms with Gasteiger partial charge in [0.1, 0.15) is 46.2 Å². The fraction of sp³-hybridized carbons (Fsp3) is 0.0714. The Kier molecular flexibility index (Phi) is 6.39. The van der Waals surface area contributed by atoms with Gasteiger partial charge >= 0.3 is 5.97 Å². The first-order valence-electron chi connectivity index (χ1n) is 11.0. The van der Waals surface area contributed by atoms with Gasteiger partial charge in [0, 0.05) is 17.2 Å². The van der Waals surface area contributed by atoms with Crippen LogP contribution in [-0.4, -0.2) is 5.97 Å². The number of carbonyl (C=O) groups is 1. The zero-order chi connectivity index (χ0) is 25.1. The van der Waals surface area contributed by atoms with E-state index in [1.807, 2.05) is 12.1 Å². The number of rotatable bonds is 6. The number of thiophene rings is 1. The predicted octanol–water partition coefficient (Wildman–Crippen LogP) is 5.90. The second-order valence-electron chi connectivity index (χ2n) is 7.94. The van der Waals surface area contributed by atoms with Crippen LogP contribution in [0.1, 0.15) is 32.3 Å². The quantitative estimate of drug-likeness (QED) is 0.263. The van der Waals surface area contributed by atoms with Crippen molar-refractivity contribution < 1.29 is 23.4 Å². The van der Waals surface area contributed by atoms with Crippen LogP contribution in [0.2, 0.25) is 0 Å². The highest BCUT2D eigenvalue weighted by molar-refractivity contribution is 7.12. The average Bonchev–Trinajstić information content (AvgIpc) is 3.43. The minimum atomic E-state index is -0.485. The van der Waals surface area contributed by atoms with Crippen LogP contribution >= 0.6 is 11.3 Å². The van der Waals surface area contributed by atoms with Crippen molar-refractivity contribution >= 4 is 17.3 Å². The van der Waals surface area contributed by atoms with Gasteiger partial charge in [0.15, 0.2) is 0 Å². The van der Waals surface area contributed by atoms with Gasteiger partial charge in [0.2, 0.25) is 5.88 Å². The average molecular weight is 499 g/mol. The summed E-state index contributed by atoms with van der Waals surface area (Å²) in [5, 5.41) is 11.6. The fourth-order valence-electron chi connectivity index (χ4n) is 3.93. The summed E-state index contributed by atoms with van der Waals surface area (Å²) in [4.78, 5) is 12.8. The third kappa shape index (κ3) is 4.65. The Hall–Kier alpha value is -4.61. The van der Waals surface area contributed by atoms with E-state index in [1.54, 1.807) is 66.0 Å². The Balaban J connectivity index is 1.39. The van der Waals surface area contributed by atoms with Crippen LogP contribution in [0.4, 0.5) is 4.39 Å². The first kappa shape index (κ1) is 23.1. The molecule has 1 aromatic heterocycles. The molecule has 6 nitrogen and oxygen atoms in total. The molecule has 1 aliphatic rings. The van der Waals surface area contributed by atoms with Crippen LogP contribution < -0.4 is 19.9 Å². The maximum atomic E-state index is 13.9. The van der Waals surface area contributed by atoms with E-state index in [1.165, 1.54) is 17.4 Å². The fourth-order valence-corrected chi connectivity index (χ4v) is 4.53. The molecule has 0 spiro atoms. The lowest BCUT2D eigenvalue weighted by Gasteiger charge is -2.26. The molecule has 0 aliphatic carbocycles. The molecule has 5 rings (SSSR count). The monoisotopic (exact) mass is 498 g/mol. The molecule has 1 aliphatic heterocycles. The van der Waals surface area contributed by atoms with Gasteiger partial charge in [-0.15, -0.1) is 11.3 Å². The van der Waals surface area contributed by atoms with Crippen LogP contribution in [-0.2, 0) is 6.61 Å². The highest BCUT2D eigenvalue weighted by Crippen LogP contribution is 2.43. The first-order chi connectivity index (χ1) is 17.5. The molecule has 178 valence electrons. The molecule has 0 saturated carbocycles. The van der Waals surface area contributed by atoms with Gasteiger partial charge in [0.25, 0.3) is 0 Å². The van der Waals surface area contributed by atoms with E-state index in [4.69, 9.17) is 19.9 Å². The second kappa shape index (κ2) is 9.94. The summed E-state index contributed by atoms with van der Waals surface area (Å²) in [6, 6.07) is 24.2. The maximum Gasteiger partial charge on any atom is 0.353 e. The molecule has 36 heavy (non-hydrogen) atoms. The number of hydrogen-bond acceptors (Lipinski definition) is 7. The van der Waals surface area contributed by atoms with Crippen molar-refractivity contribution in [3.05, 3.63) is 123 Å². The Labute approximate surface area is 210 Å². The summed E-state index contributed by atoms with van der Waals surface area (Å²) in [5.41, 5.74) is 8.31. The SMILES string of the molecule is N#CC1=C(N)Oc2cc(OC(=O)c3cccs3)ccc2C1c1ccc(OCc2ccccc2F)cc1. The van der Waals surface area contributed by atoms with Gasteiger partial charge in [-0.25, -0.2) is 9.18 Å². The summed E-state index contributed by atoms with van der Waals surface area (Å²) in [5.74, 6) is -0.0420. The molecule has 3 aromatic carbocycles. The molecule has 2 heterocycles. The molecule has 2 N–H and O–H groups in total. The Morgan fingerprint density at radius 1 is 1.06 bits per heavy atom. The van der Waals surface area contributed by atoms with E-state index < -0.39 is 11.9 Å². The highest BCUT2D eigenvalue weighted by Gasteiger charge is 2.31. The molecular formula is C28H19FN2O4S. The van der Waals surface area contributed by atoms with Crippen molar-refractivity contribution in [1.29, 1.82) is 5.26 Å². The summed E-state index contributed by atoms with van der Waals surface area (Å²) in [7, 11) is 0. The molecule has 1 atom stereocenters. The van der Waals surface area contributed by atoms with Crippen LogP contribution in [0.3, 0.4) is 0 Å². The molecule has 1 unspecified atom stereocenters. The number of allylic oxidation sites excluding steroid dienone is 1. The van der Waals surface area contributed by atoms with Crippen molar-refractivity contribution in [3.8, 4) is 23.3 Å². The van der Waals surface area contributed by atoms with Gasteiger partial charge < -0.3 is 19.9 Å². The standard InChI is InChI=1S/C28H19FN2O4S/c29-23-5-2-1-4-18(23)16-33-19-9-7-17(8-10-19)26-21-12-11-20(34-28(32)25-6-3-13-36-25)14-24(21)35-27(31)22(26)15-30/h1-14,26H,16,31H2. The summed E-state index contributed by atoms with van der Waals surface area (Å²) >= 11 is 1.29. The molecule has 0 amide bonds. The number of carbonyl (C=O) groups excluding carboxylic acids is 1. The van der Waals surface area contributed by atoms with E-state index in [0.29, 0.717) is 33.3 Å². The largest absolute Gasteiger partial charge is 0.489 e. The maximum absolute atomic E-state index is 13.9. The number of esters is 1. The number of ether oxygens (including phenoxy) is 3. The lowest BCUT2D eigenvalue weighted by molar-refractivity contribution is 0.0739. The van der Waals surface area contributed by atoms with Crippen molar-refractivity contribution in [2.75, 3.05) is 0 Å². The van der Waals surface area contributed by atoms with Crippen LogP contribution in [0.25, 0.3) is 0 Å². The summed E-state index contributed by atoms with van der Waals surface area (Å²) in [6.45, 7) is 0.0926. The smallest absolute Gasteiger partial charge is 0.353 e. The number of nitrogens with two attached hydrogens (primary N) is 1. The minimum Gasteiger partial charge on any atom is -0.489 e. The Morgan fingerprint density at radius 2 is 1.83 bits per heavy atom. The lowest BCUT2D eigenvalue weighted by atomic mass is 9.83. The van der Waals surface area contributed by atoms with Crippen molar-refractivity contribution in [3.63, 3.8) is 0 Å². The van der Waals surface area contributed by atoms with Crippen molar-refractivity contribution in [1.82, 2.24) is 0 Å². The van der Waals surface area contributed by atoms with Crippen LogP contribution in [0, 0.1) is 17.1 Å². The van der Waals surface area contributed by atoms with Crippen LogP contribution in [0.15, 0.2) is 95.7 Å². The van der Waals surface area contributed by atoms with E-state index >= 15 is 0 Å². The molecule has 0 radical (unpaired) electrons. The van der Waals surface area contributed by atoms with E-state index in [0.717, 1.165) is 5.56 Å². The molecule has 0 bridgehead atoms. The summed E-state index contributed by atoms with van der Waals surface area (Å²) in [6.07, 6.45) is 0. The molecule has 4 aromatic rings. The number of nitriles is 1. The molecule has 0 fully saturated rings. The normalized spacial score (nSPS) is 14.4. The van der Waals surface area contributed by atoms with Crippen LogP contribution in [0.5, 0.6) is 17.2 Å². The Morgan fingerprint density at radius 3 is 2.56 bits per heavy atom. The summed E-state index contributed by atoms with van der Waals surface area (Å²) < 4.78 is 30.8. The van der Waals surface area contributed by atoms with E-state index in [2.05, 4.69) is 6.07 Å². The second-order valence-corrected chi connectivity index (χ2v) is 8.89. The number of benzene rings is 3. The van der Waals surface area contributed by atoms with Gasteiger partial charge in [-0.3, -0.25) is 0 Å². The lowest BCUT2D eigenvalue weighted by Crippen LogP contribution is -2.21. The van der Waals surface area contributed by atoms with Gasteiger partial charge in [-0.2, -0.15) is 5.26 Å². The predicted molar refractivity (Wildman–Crippen MR) is 132 cm³/mol. The Bertz CT molecular complexity index is 1490. The molecular weight excluding hydrogens is 479 g/mol. The minimum absolute atomic E-state index is 0.0170.